The largest absolute Gasteiger partial charge is 0.0764 e. The fourth-order valence-corrected chi connectivity index (χ4v) is 3.43. The number of hydrogen-bond donors (Lipinski definition) is 0. The van der Waals surface area contributed by atoms with Crippen LogP contribution in [-0.4, -0.2) is 0 Å². The average Bonchev–Trinajstić information content (AvgIpc) is 3.08. The Kier molecular flexibility index (Phi) is 2.81. The van der Waals surface area contributed by atoms with Gasteiger partial charge in [-0.15, -0.1) is 0 Å². The molecule has 1 unspecified atom stereocenters. The topological polar surface area (TPSA) is 0 Å². The number of hydrogen-bond acceptors (Lipinski definition) is 0. The SMILES string of the molecule is C1=CC(CCC2=Cc3ccccc3C2)c2ccccc21. The van der Waals surface area contributed by atoms with E-state index in [-0.39, 0.29) is 0 Å². The second-order valence-corrected chi connectivity index (χ2v) is 5.81. The zero-order chi connectivity index (χ0) is 13.4. The smallest absolute Gasteiger partial charge is 0.00302 e. The first kappa shape index (κ1) is 11.7. The summed E-state index contributed by atoms with van der Waals surface area (Å²) in [7, 11) is 0. The van der Waals surface area contributed by atoms with E-state index in [9.17, 15) is 0 Å². The van der Waals surface area contributed by atoms with E-state index < -0.39 is 0 Å². The zero-order valence-electron chi connectivity index (χ0n) is 11.5. The molecule has 0 aromatic heterocycles. The maximum atomic E-state index is 2.39. The van der Waals surface area contributed by atoms with Crippen LogP contribution in [0.5, 0.6) is 0 Å². The third kappa shape index (κ3) is 2.02. The molecule has 2 aliphatic carbocycles. The van der Waals surface area contributed by atoms with Gasteiger partial charge in [0.15, 0.2) is 0 Å². The van der Waals surface area contributed by atoms with Gasteiger partial charge in [0.1, 0.15) is 0 Å². The normalized spacial score (nSPS) is 18.8. The number of rotatable bonds is 3. The zero-order valence-corrected chi connectivity index (χ0v) is 11.5. The van der Waals surface area contributed by atoms with Crippen molar-refractivity contribution in [2.45, 2.75) is 25.2 Å². The van der Waals surface area contributed by atoms with E-state index in [1.165, 1.54) is 35.1 Å². The first-order valence-electron chi connectivity index (χ1n) is 7.44. The standard InChI is InChI=1S/C20H18/c1-2-7-19-14-15(13-18(19)6-1)9-10-17-12-11-16-5-3-4-8-20(16)17/h1-8,11-13,17H,9-10,14H2. The quantitative estimate of drug-likeness (QED) is 0.708. The van der Waals surface area contributed by atoms with E-state index in [2.05, 4.69) is 66.8 Å². The Morgan fingerprint density at radius 3 is 2.60 bits per heavy atom. The molecule has 20 heavy (non-hydrogen) atoms. The van der Waals surface area contributed by atoms with Gasteiger partial charge in [0, 0.05) is 5.92 Å². The van der Waals surface area contributed by atoms with E-state index in [0.717, 1.165) is 6.42 Å². The van der Waals surface area contributed by atoms with Gasteiger partial charge < -0.3 is 0 Å². The predicted octanol–water partition coefficient (Wildman–Crippen LogP) is 5.22. The highest BCUT2D eigenvalue weighted by Crippen LogP contribution is 2.36. The van der Waals surface area contributed by atoms with Gasteiger partial charge in [0.05, 0.1) is 0 Å². The van der Waals surface area contributed by atoms with Crippen LogP contribution in [0, 0.1) is 0 Å². The molecule has 1 atom stereocenters. The van der Waals surface area contributed by atoms with Crippen LogP contribution in [0.3, 0.4) is 0 Å². The molecule has 0 radical (unpaired) electrons. The Labute approximate surface area is 120 Å². The van der Waals surface area contributed by atoms with Crippen molar-refractivity contribution in [1.82, 2.24) is 0 Å². The summed E-state index contributed by atoms with van der Waals surface area (Å²) in [4.78, 5) is 0. The molecule has 0 amide bonds. The molecule has 0 saturated heterocycles. The molecule has 98 valence electrons. The van der Waals surface area contributed by atoms with Gasteiger partial charge in [-0.1, -0.05) is 72.3 Å². The van der Waals surface area contributed by atoms with Crippen molar-refractivity contribution in [2.24, 2.45) is 0 Å². The molecular formula is C20H18. The summed E-state index contributed by atoms with van der Waals surface area (Å²) >= 11 is 0. The van der Waals surface area contributed by atoms with Crippen molar-refractivity contribution in [3.8, 4) is 0 Å². The minimum atomic E-state index is 0.607. The van der Waals surface area contributed by atoms with E-state index >= 15 is 0 Å². The molecule has 0 fully saturated rings. The summed E-state index contributed by atoms with van der Waals surface area (Å²) < 4.78 is 0. The van der Waals surface area contributed by atoms with Crippen molar-refractivity contribution in [3.63, 3.8) is 0 Å². The monoisotopic (exact) mass is 258 g/mol. The van der Waals surface area contributed by atoms with Gasteiger partial charge in [-0.25, -0.2) is 0 Å². The van der Waals surface area contributed by atoms with Crippen molar-refractivity contribution >= 4 is 12.2 Å². The van der Waals surface area contributed by atoms with Crippen LogP contribution in [0.2, 0.25) is 0 Å². The lowest BCUT2D eigenvalue weighted by molar-refractivity contribution is 0.734. The van der Waals surface area contributed by atoms with E-state index in [0.29, 0.717) is 5.92 Å². The molecule has 0 heteroatoms. The first-order valence-corrected chi connectivity index (χ1v) is 7.44. The van der Waals surface area contributed by atoms with Crippen LogP contribution >= 0.6 is 0 Å². The second-order valence-electron chi connectivity index (χ2n) is 5.81. The minimum Gasteiger partial charge on any atom is -0.0764 e. The van der Waals surface area contributed by atoms with Crippen LogP contribution in [0.15, 0.2) is 60.2 Å². The highest BCUT2D eigenvalue weighted by atomic mass is 14.2. The molecule has 2 aromatic carbocycles. The summed E-state index contributed by atoms with van der Waals surface area (Å²) in [5.41, 5.74) is 7.41. The number of allylic oxidation sites excluding steroid dienone is 2. The first-order chi connectivity index (χ1) is 9.90. The highest BCUT2D eigenvalue weighted by Gasteiger charge is 2.18. The van der Waals surface area contributed by atoms with E-state index in [1.807, 2.05) is 0 Å². The lowest BCUT2D eigenvalue weighted by Crippen LogP contribution is -1.95. The molecule has 4 rings (SSSR count). The van der Waals surface area contributed by atoms with Crippen LogP contribution in [0.4, 0.5) is 0 Å². The van der Waals surface area contributed by atoms with Crippen molar-refractivity contribution in [2.75, 3.05) is 0 Å². The Hall–Kier alpha value is -2.08. The summed E-state index contributed by atoms with van der Waals surface area (Å²) in [6.07, 6.45) is 10.6. The van der Waals surface area contributed by atoms with Crippen LogP contribution in [0.1, 0.15) is 41.0 Å². The summed E-state index contributed by atoms with van der Waals surface area (Å²) in [6.45, 7) is 0. The molecule has 0 nitrogen and oxygen atoms in total. The molecule has 0 N–H and O–H groups in total. The van der Waals surface area contributed by atoms with Gasteiger partial charge in [0.2, 0.25) is 0 Å². The summed E-state index contributed by atoms with van der Waals surface area (Å²) in [6, 6.07) is 17.5. The Bertz CT molecular complexity index is 703. The van der Waals surface area contributed by atoms with Gasteiger partial charge in [-0.3, -0.25) is 0 Å². The fraction of sp³-hybridized carbons (Fsp3) is 0.200. The van der Waals surface area contributed by atoms with Gasteiger partial charge >= 0.3 is 0 Å². The molecule has 0 heterocycles. The van der Waals surface area contributed by atoms with Gasteiger partial charge in [0.25, 0.3) is 0 Å². The minimum absolute atomic E-state index is 0.607. The lowest BCUT2D eigenvalue weighted by atomic mass is 9.93. The fourth-order valence-electron chi connectivity index (χ4n) is 3.43. The highest BCUT2D eigenvalue weighted by molar-refractivity contribution is 5.64. The van der Waals surface area contributed by atoms with Crippen LogP contribution in [0.25, 0.3) is 12.2 Å². The average molecular weight is 258 g/mol. The van der Waals surface area contributed by atoms with Crippen LogP contribution in [-0.2, 0) is 6.42 Å². The maximum absolute atomic E-state index is 2.39. The summed E-state index contributed by atoms with van der Waals surface area (Å²) in [5.74, 6) is 0.607. The van der Waals surface area contributed by atoms with Crippen molar-refractivity contribution in [1.29, 1.82) is 0 Å². The third-order valence-electron chi connectivity index (χ3n) is 4.51. The molecule has 2 aromatic rings. The molecule has 0 saturated carbocycles. The van der Waals surface area contributed by atoms with Gasteiger partial charge in [-0.05, 0) is 41.5 Å². The van der Waals surface area contributed by atoms with E-state index in [1.54, 1.807) is 5.57 Å². The predicted molar refractivity (Wildman–Crippen MR) is 85.6 cm³/mol. The molecule has 2 aliphatic rings. The molecule has 0 spiro atoms. The molecule has 0 bridgehead atoms. The van der Waals surface area contributed by atoms with Crippen LogP contribution < -0.4 is 0 Å². The Morgan fingerprint density at radius 2 is 1.70 bits per heavy atom. The molecule has 0 aliphatic heterocycles. The Balaban J connectivity index is 1.45. The van der Waals surface area contributed by atoms with Crippen molar-refractivity contribution < 1.29 is 0 Å². The maximum Gasteiger partial charge on any atom is 0.00302 e. The molecular weight excluding hydrogens is 240 g/mol. The number of benzene rings is 2. The lowest BCUT2D eigenvalue weighted by Gasteiger charge is -2.11. The third-order valence-corrected chi connectivity index (χ3v) is 4.51. The second kappa shape index (κ2) is 4.79. The van der Waals surface area contributed by atoms with Gasteiger partial charge in [-0.2, -0.15) is 0 Å². The summed E-state index contributed by atoms with van der Waals surface area (Å²) in [5, 5.41) is 0. The van der Waals surface area contributed by atoms with E-state index in [4.69, 9.17) is 0 Å². The number of fused-ring (bicyclic) bond motifs is 2. The Morgan fingerprint density at radius 1 is 0.900 bits per heavy atom. The van der Waals surface area contributed by atoms with Crippen molar-refractivity contribution in [3.05, 3.63) is 82.4 Å².